The second-order valence-electron chi connectivity index (χ2n) is 3.95. The Bertz CT molecular complexity index is 505. The molecule has 0 spiro atoms. The molecule has 90 valence electrons. The molecule has 0 aliphatic heterocycles. The van der Waals surface area contributed by atoms with Gasteiger partial charge in [-0.1, -0.05) is 13.0 Å². The summed E-state index contributed by atoms with van der Waals surface area (Å²) < 4.78 is 15.7. The predicted molar refractivity (Wildman–Crippen MR) is 65.4 cm³/mol. The molecule has 1 aromatic carbocycles. The molecule has 0 atom stereocenters. The maximum Gasteiger partial charge on any atom is 0.147 e. The van der Waals surface area contributed by atoms with Gasteiger partial charge >= 0.3 is 0 Å². The monoisotopic (exact) mass is 233 g/mol. The van der Waals surface area contributed by atoms with Gasteiger partial charge in [0.1, 0.15) is 11.6 Å². The Kier molecular flexibility index (Phi) is 3.54. The van der Waals surface area contributed by atoms with Crippen molar-refractivity contribution in [1.29, 1.82) is 0 Å². The summed E-state index contributed by atoms with van der Waals surface area (Å²) in [5.74, 6) is 0.621. The van der Waals surface area contributed by atoms with Gasteiger partial charge < -0.3 is 10.3 Å². The van der Waals surface area contributed by atoms with Gasteiger partial charge in [0.25, 0.3) is 0 Å². The smallest absolute Gasteiger partial charge is 0.147 e. The predicted octanol–water partition coefficient (Wildman–Crippen LogP) is 2.42. The molecule has 0 unspecified atom stereocenters. The second-order valence-corrected chi connectivity index (χ2v) is 3.95. The van der Waals surface area contributed by atoms with Crippen LogP contribution in [0.5, 0.6) is 0 Å². The van der Waals surface area contributed by atoms with Gasteiger partial charge in [-0.05, 0) is 24.1 Å². The Morgan fingerprint density at radius 2 is 2.24 bits per heavy atom. The third-order valence-electron chi connectivity index (χ3n) is 2.70. The van der Waals surface area contributed by atoms with Crippen LogP contribution in [0.1, 0.15) is 24.7 Å². The molecule has 1 aromatic heterocycles. The van der Waals surface area contributed by atoms with E-state index in [0.717, 1.165) is 24.2 Å². The third-order valence-corrected chi connectivity index (χ3v) is 2.70. The first-order valence-corrected chi connectivity index (χ1v) is 5.77. The Balaban J connectivity index is 2.42. The fourth-order valence-electron chi connectivity index (χ4n) is 1.83. The van der Waals surface area contributed by atoms with Crippen molar-refractivity contribution in [1.82, 2.24) is 9.55 Å². The molecule has 0 amide bonds. The lowest BCUT2D eigenvalue weighted by atomic mass is 10.2. The van der Waals surface area contributed by atoms with E-state index in [9.17, 15) is 4.39 Å². The lowest BCUT2D eigenvalue weighted by molar-refractivity contribution is 0.612. The van der Waals surface area contributed by atoms with Crippen molar-refractivity contribution in [3.05, 3.63) is 47.8 Å². The summed E-state index contributed by atoms with van der Waals surface area (Å²) in [5, 5.41) is 0. The van der Waals surface area contributed by atoms with Gasteiger partial charge in [-0.3, -0.25) is 0 Å². The van der Waals surface area contributed by atoms with E-state index in [-0.39, 0.29) is 5.82 Å². The van der Waals surface area contributed by atoms with Crippen LogP contribution in [-0.2, 0) is 13.0 Å². The number of benzene rings is 1. The van der Waals surface area contributed by atoms with Crippen LogP contribution in [-0.4, -0.2) is 9.55 Å². The average molecular weight is 233 g/mol. The average Bonchev–Trinajstić information content (AvgIpc) is 2.77. The van der Waals surface area contributed by atoms with E-state index in [0.29, 0.717) is 12.2 Å². The Morgan fingerprint density at radius 3 is 2.88 bits per heavy atom. The van der Waals surface area contributed by atoms with E-state index < -0.39 is 0 Å². The highest BCUT2D eigenvalue weighted by Crippen LogP contribution is 2.17. The zero-order valence-corrected chi connectivity index (χ0v) is 9.86. The molecule has 0 aliphatic carbocycles. The number of aromatic nitrogens is 2. The van der Waals surface area contributed by atoms with Crippen LogP contribution in [0.15, 0.2) is 30.6 Å². The van der Waals surface area contributed by atoms with Crippen molar-refractivity contribution < 1.29 is 4.39 Å². The summed E-state index contributed by atoms with van der Waals surface area (Å²) in [6.45, 7) is 2.43. The summed E-state index contributed by atoms with van der Waals surface area (Å²) in [6.07, 6.45) is 5.30. The first-order valence-electron chi connectivity index (χ1n) is 5.77. The van der Waals surface area contributed by atoms with E-state index >= 15 is 0 Å². The lowest BCUT2D eigenvalue weighted by Gasteiger charge is -2.09. The number of halogens is 1. The molecule has 0 radical (unpaired) electrons. The zero-order chi connectivity index (χ0) is 12.3. The molecule has 1 heterocycles. The molecular formula is C13H16FN3. The summed E-state index contributed by atoms with van der Waals surface area (Å²) in [6, 6.07) is 5.07. The van der Waals surface area contributed by atoms with Crippen molar-refractivity contribution in [2.75, 3.05) is 0 Å². The van der Waals surface area contributed by atoms with E-state index in [4.69, 9.17) is 5.73 Å². The fourth-order valence-corrected chi connectivity index (χ4v) is 1.83. The Morgan fingerprint density at radius 1 is 1.41 bits per heavy atom. The van der Waals surface area contributed by atoms with E-state index in [2.05, 4.69) is 11.9 Å². The van der Waals surface area contributed by atoms with Crippen molar-refractivity contribution >= 4 is 0 Å². The number of nitrogens with zero attached hydrogens (tertiary/aromatic N) is 2. The van der Waals surface area contributed by atoms with Crippen LogP contribution in [0.2, 0.25) is 0 Å². The quantitative estimate of drug-likeness (QED) is 0.881. The van der Waals surface area contributed by atoms with Crippen molar-refractivity contribution in [3.63, 3.8) is 0 Å². The molecular weight excluding hydrogens is 217 g/mol. The maximum absolute atomic E-state index is 13.9. The molecule has 0 fully saturated rings. The Labute approximate surface area is 100 Å². The molecule has 3 nitrogen and oxygen atoms in total. The van der Waals surface area contributed by atoms with Crippen molar-refractivity contribution in [3.8, 4) is 5.69 Å². The maximum atomic E-state index is 13.9. The van der Waals surface area contributed by atoms with E-state index in [1.54, 1.807) is 23.0 Å². The molecule has 17 heavy (non-hydrogen) atoms. The molecule has 0 bridgehead atoms. The SMILES string of the molecule is CCCc1nccn1-c1ccc(CN)cc1F. The highest BCUT2D eigenvalue weighted by molar-refractivity contribution is 5.37. The first kappa shape index (κ1) is 11.8. The van der Waals surface area contributed by atoms with Crippen molar-refractivity contribution in [2.45, 2.75) is 26.3 Å². The highest BCUT2D eigenvalue weighted by Gasteiger charge is 2.09. The van der Waals surface area contributed by atoms with Crippen molar-refractivity contribution in [2.24, 2.45) is 5.73 Å². The second kappa shape index (κ2) is 5.10. The molecule has 0 aliphatic rings. The molecule has 0 saturated heterocycles. The number of imidazole rings is 1. The molecule has 0 saturated carbocycles. The minimum atomic E-state index is -0.261. The molecule has 2 aromatic rings. The minimum Gasteiger partial charge on any atom is -0.326 e. The lowest BCUT2D eigenvalue weighted by Crippen LogP contribution is -2.04. The number of hydrogen-bond donors (Lipinski definition) is 1. The van der Waals surface area contributed by atoms with Gasteiger partial charge in [0.05, 0.1) is 5.69 Å². The minimum absolute atomic E-state index is 0.261. The topological polar surface area (TPSA) is 43.8 Å². The van der Waals surface area contributed by atoms with Gasteiger partial charge in [-0.15, -0.1) is 0 Å². The van der Waals surface area contributed by atoms with Gasteiger partial charge in [0.15, 0.2) is 0 Å². The van der Waals surface area contributed by atoms with Gasteiger partial charge in [-0.2, -0.15) is 0 Å². The van der Waals surface area contributed by atoms with Gasteiger partial charge in [-0.25, -0.2) is 9.37 Å². The van der Waals surface area contributed by atoms with E-state index in [1.165, 1.54) is 6.07 Å². The zero-order valence-electron chi connectivity index (χ0n) is 9.86. The number of nitrogens with two attached hydrogens (primary N) is 1. The largest absolute Gasteiger partial charge is 0.326 e. The van der Waals surface area contributed by atoms with Crippen LogP contribution >= 0.6 is 0 Å². The van der Waals surface area contributed by atoms with Crippen LogP contribution in [0.4, 0.5) is 4.39 Å². The van der Waals surface area contributed by atoms with Crippen LogP contribution in [0, 0.1) is 5.82 Å². The fraction of sp³-hybridized carbons (Fsp3) is 0.308. The third kappa shape index (κ3) is 2.36. The summed E-state index contributed by atoms with van der Waals surface area (Å²) >= 11 is 0. The standard InChI is InChI=1S/C13H16FN3/c1-2-3-13-16-6-7-17(13)12-5-4-10(9-15)8-11(12)14/h4-8H,2-3,9,15H2,1H3. The van der Waals surface area contributed by atoms with Crippen LogP contribution in [0.3, 0.4) is 0 Å². The summed E-state index contributed by atoms with van der Waals surface area (Å²) in [5.41, 5.74) is 6.80. The summed E-state index contributed by atoms with van der Waals surface area (Å²) in [7, 11) is 0. The van der Waals surface area contributed by atoms with E-state index in [1.807, 2.05) is 6.07 Å². The number of aryl methyl sites for hydroxylation is 1. The Hall–Kier alpha value is -1.68. The number of rotatable bonds is 4. The summed E-state index contributed by atoms with van der Waals surface area (Å²) in [4.78, 5) is 4.24. The number of hydrogen-bond acceptors (Lipinski definition) is 2. The molecule has 2 N–H and O–H groups in total. The molecule has 4 heteroatoms. The van der Waals surface area contributed by atoms with Gasteiger partial charge in [0.2, 0.25) is 0 Å². The molecule has 2 rings (SSSR count). The van der Waals surface area contributed by atoms with Crippen LogP contribution in [0.25, 0.3) is 5.69 Å². The first-order chi connectivity index (χ1) is 8.26. The van der Waals surface area contributed by atoms with Crippen LogP contribution < -0.4 is 5.73 Å². The van der Waals surface area contributed by atoms with Gasteiger partial charge in [0, 0.05) is 25.4 Å². The normalized spacial score (nSPS) is 10.8. The highest BCUT2D eigenvalue weighted by atomic mass is 19.1.